The van der Waals surface area contributed by atoms with E-state index in [1.807, 2.05) is 6.20 Å². The van der Waals surface area contributed by atoms with Gasteiger partial charge in [0, 0.05) is 37.6 Å². The van der Waals surface area contributed by atoms with Crippen LogP contribution in [0, 0.1) is 0 Å². The first-order valence-electron chi connectivity index (χ1n) is 9.94. The number of aromatic nitrogens is 2. The minimum atomic E-state index is 0.533. The lowest BCUT2D eigenvalue weighted by molar-refractivity contribution is 0.171. The van der Waals surface area contributed by atoms with Crippen molar-refractivity contribution < 1.29 is 0 Å². The Labute approximate surface area is 151 Å². The van der Waals surface area contributed by atoms with Crippen LogP contribution >= 0.6 is 0 Å². The van der Waals surface area contributed by atoms with E-state index < -0.39 is 0 Å². The molecule has 0 bridgehead atoms. The van der Waals surface area contributed by atoms with Crippen LogP contribution in [0.15, 0.2) is 42.7 Å². The summed E-state index contributed by atoms with van der Waals surface area (Å²) in [7, 11) is 0. The predicted octanol–water partition coefficient (Wildman–Crippen LogP) is 4.46. The van der Waals surface area contributed by atoms with Crippen molar-refractivity contribution in [3.63, 3.8) is 0 Å². The molecular weight excluding hydrogens is 308 g/mol. The third-order valence-electron chi connectivity index (χ3n) is 5.73. The van der Waals surface area contributed by atoms with E-state index in [-0.39, 0.29) is 0 Å². The van der Waals surface area contributed by atoms with Gasteiger partial charge in [0.2, 0.25) is 5.95 Å². The highest BCUT2D eigenvalue weighted by atomic mass is 15.3. The van der Waals surface area contributed by atoms with Gasteiger partial charge in [-0.2, -0.15) is 0 Å². The predicted molar refractivity (Wildman–Crippen MR) is 103 cm³/mol. The second-order valence-electron chi connectivity index (χ2n) is 7.65. The van der Waals surface area contributed by atoms with Gasteiger partial charge in [-0.1, -0.05) is 49.6 Å². The van der Waals surface area contributed by atoms with Gasteiger partial charge in [0.25, 0.3) is 0 Å². The highest BCUT2D eigenvalue weighted by Gasteiger charge is 2.24. The molecule has 134 valence electrons. The zero-order chi connectivity index (χ0) is 16.9. The Hall–Kier alpha value is -1.81. The molecule has 25 heavy (non-hydrogen) atoms. The zero-order valence-corrected chi connectivity index (χ0v) is 15.1. The summed E-state index contributed by atoms with van der Waals surface area (Å²) in [5.74, 6) is 1.08. The smallest absolute Gasteiger partial charge is 0.203 e. The summed E-state index contributed by atoms with van der Waals surface area (Å²) in [6.07, 6.45) is 13.3. The molecule has 2 heterocycles. The molecule has 0 radical (unpaired) electrons. The molecule has 1 N–H and O–H groups in total. The van der Waals surface area contributed by atoms with Crippen molar-refractivity contribution in [3.05, 3.63) is 48.3 Å². The first-order chi connectivity index (χ1) is 12.4. The fourth-order valence-corrected chi connectivity index (χ4v) is 4.39. The number of benzene rings is 1. The summed E-state index contributed by atoms with van der Waals surface area (Å²) >= 11 is 0. The number of nitrogens with zero attached hydrogens (tertiary/aromatic N) is 3. The van der Waals surface area contributed by atoms with Gasteiger partial charge in [-0.3, -0.25) is 4.90 Å². The minimum Gasteiger partial charge on any atom is -0.353 e. The molecule has 1 aromatic carbocycles. The zero-order valence-electron chi connectivity index (χ0n) is 15.1. The normalized spacial score (nSPS) is 22.8. The summed E-state index contributed by atoms with van der Waals surface area (Å²) in [6.45, 7) is 3.37. The van der Waals surface area contributed by atoms with Crippen LogP contribution < -0.4 is 5.32 Å². The molecule has 1 aliphatic heterocycles. The van der Waals surface area contributed by atoms with Gasteiger partial charge in [0.15, 0.2) is 0 Å². The highest BCUT2D eigenvalue weighted by Crippen LogP contribution is 2.27. The van der Waals surface area contributed by atoms with E-state index >= 15 is 0 Å². The molecule has 1 atom stereocenters. The van der Waals surface area contributed by atoms with Gasteiger partial charge in [-0.25, -0.2) is 4.98 Å². The first-order valence-corrected chi connectivity index (χ1v) is 9.94. The van der Waals surface area contributed by atoms with Crippen LogP contribution in [0.4, 0.5) is 5.95 Å². The molecular formula is C21H30N4. The van der Waals surface area contributed by atoms with Crippen LogP contribution in [0.5, 0.6) is 0 Å². The molecule has 0 amide bonds. The lowest BCUT2D eigenvalue weighted by atomic mass is 9.96. The van der Waals surface area contributed by atoms with E-state index in [1.54, 1.807) is 0 Å². The molecule has 1 aliphatic carbocycles. The van der Waals surface area contributed by atoms with Crippen LogP contribution in [-0.2, 0) is 6.54 Å². The van der Waals surface area contributed by atoms with Crippen LogP contribution in [0.1, 0.15) is 56.6 Å². The second-order valence-corrected chi connectivity index (χ2v) is 7.65. The molecule has 4 heteroatoms. The lowest BCUT2D eigenvalue weighted by Crippen LogP contribution is -2.36. The topological polar surface area (TPSA) is 33.1 Å². The number of nitrogens with one attached hydrogen (secondary N) is 1. The maximum Gasteiger partial charge on any atom is 0.203 e. The standard InChI is InChI=1S/C21H30N4/c1-3-8-18(9-4-1)16-24-14-7-12-20(17-24)25-15-13-22-21(25)23-19-10-5-2-6-11-19/h1,3-4,8-9,13,15,19-20H,2,5-7,10-12,14,16-17H2,(H,22,23). The summed E-state index contributed by atoms with van der Waals surface area (Å²) in [5, 5.41) is 3.72. The number of rotatable bonds is 5. The average molecular weight is 338 g/mol. The third kappa shape index (κ3) is 4.24. The maximum absolute atomic E-state index is 4.63. The molecule has 2 aliphatic rings. The highest BCUT2D eigenvalue weighted by molar-refractivity contribution is 5.29. The number of piperidine rings is 1. The van der Waals surface area contributed by atoms with Crippen molar-refractivity contribution in [1.82, 2.24) is 14.5 Å². The number of anilines is 1. The Morgan fingerprint density at radius 3 is 2.68 bits per heavy atom. The molecule has 2 aromatic rings. The Bertz CT molecular complexity index is 645. The fraction of sp³-hybridized carbons (Fsp3) is 0.571. The summed E-state index contributed by atoms with van der Waals surface area (Å²) in [6, 6.07) is 12.0. The second kappa shape index (κ2) is 8.05. The number of hydrogen-bond acceptors (Lipinski definition) is 3. The molecule has 2 fully saturated rings. The Morgan fingerprint density at radius 2 is 1.84 bits per heavy atom. The van der Waals surface area contributed by atoms with Crippen molar-refractivity contribution in [3.8, 4) is 0 Å². The third-order valence-corrected chi connectivity index (χ3v) is 5.73. The van der Waals surface area contributed by atoms with E-state index in [4.69, 9.17) is 0 Å². The lowest BCUT2D eigenvalue weighted by Gasteiger charge is -2.34. The summed E-state index contributed by atoms with van der Waals surface area (Å²) in [5.41, 5.74) is 1.41. The van der Waals surface area contributed by atoms with Crippen molar-refractivity contribution >= 4 is 5.95 Å². The average Bonchev–Trinajstić information content (AvgIpc) is 3.12. The van der Waals surface area contributed by atoms with Gasteiger partial charge in [-0.15, -0.1) is 0 Å². The van der Waals surface area contributed by atoms with Crippen LogP contribution in [0.2, 0.25) is 0 Å². The molecule has 4 nitrogen and oxygen atoms in total. The van der Waals surface area contributed by atoms with Crippen LogP contribution in [0.3, 0.4) is 0 Å². The van der Waals surface area contributed by atoms with E-state index in [9.17, 15) is 0 Å². The van der Waals surface area contributed by atoms with Gasteiger partial charge in [0.1, 0.15) is 0 Å². The Kier molecular flexibility index (Phi) is 5.36. The Balaban J connectivity index is 1.40. The van der Waals surface area contributed by atoms with Crippen molar-refractivity contribution in [2.45, 2.75) is 63.6 Å². The van der Waals surface area contributed by atoms with Crippen LogP contribution in [0.25, 0.3) is 0 Å². The number of likely N-dealkylation sites (tertiary alicyclic amines) is 1. The molecule has 1 saturated heterocycles. The SMILES string of the molecule is c1ccc(CN2CCCC(n3ccnc3NC3CCCCC3)C2)cc1. The first kappa shape index (κ1) is 16.6. The van der Waals surface area contributed by atoms with Crippen molar-refractivity contribution in [1.29, 1.82) is 0 Å². The van der Waals surface area contributed by atoms with Gasteiger partial charge in [-0.05, 0) is 37.8 Å². The maximum atomic E-state index is 4.63. The molecule has 1 aromatic heterocycles. The Morgan fingerprint density at radius 1 is 1.00 bits per heavy atom. The molecule has 1 saturated carbocycles. The molecule has 4 rings (SSSR count). The van der Waals surface area contributed by atoms with Gasteiger partial charge >= 0.3 is 0 Å². The monoisotopic (exact) mass is 338 g/mol. The number of hydrogen-bond donors (Lipinski definition) is 1. The minimum absolute atomic E-state index is 0.533. The van der Waals surface area contributed by atoms with Gasteiger partial charge < -0.3 is 9.88 Å². The quantitative estimate of drug-likeness (QED) is 0.873. The van der Waals surface area contributed by atoms with Gasteiger partial charge in [0.05, 0.1) is 0 Å². The van der Waals surface area contributed by atoms with Crippen LogP contribution in [-0.4, -0.2) is 33.6 Å². The largest absolute Gasteiger partial charge is 0.353 e. The molecule has 0 spiro atoms. The summed E-state index contributed by atoms with van der Waals surface area (Å²) < 4.78 is 2.39. The van der Waals surface area contributed by atoms with E-state index in [0.717, 1.165) is 19.0 Å². The number of imidazole rings is 1. The molecule has 1 unspecified atom stereocenters. The van der Waals surface area contributed by atoms with Crippen molar-refractivity contribution in [2.75, 3.05) is 18.4 Å². The summed E-state index contributed by atoms with van der Waals surface area (Å²) in [4.78, 5) is 7.22. The fourth-order valence-electron chi connectivity index (χ4n) is 4.39. The van der Waals surface area contributed by atoms with Crippen molar-refractivity contribution in [2.24, 2.45) is 0 Å². The van der Waals surface area contributed by atoms with E-state index in [2.05, 4.69) is 56.3 Å². The van der Waals surface area contributed by atoms with E-state index in [0.29, 0.717) is 12.1 Å². The van der Waals surface area contributed by atoms with E-state index in [1.165, 1.54) is 57.1 Å².